The van der Waals surface area contributed by atoms with Crippen LogP contribution in [0.25, 0.3) is 0 Å². The lowest BCUT2D eigenvalue weighted by atomic mass is 9.48. The normalized spacial score (nSPS) is 42.4. The largest absolute Gasteiger partial charge is 0.469 e. The number of methoxy groups -OCH3 is 1. The van der Waals surface area contributed by atoms with Crippen LogP contribution in [0.2, 0.25) is 0 Å². The minimum atomic E-state index is -0.308. The minimum absolute atomic E-state index is 0.0302. The van der Waals surface area contributed by atoms with Crippen LogP contribution in [0.4, 0.5) is 0 Å². The van der Waals surface area contributed by atoms with Crippen LogP contribution >= 0.6 is 0 Å². The van der Waals surface area contributed by atoms with Gasteiger partial charge in [0.15, 0.2) is 5.78 Å². The number of carbonyl (C=O) groups is 3. The number of fused-ring (bicyclic) bond motifs is 5. The number of allylic oxidation sites excluding steroid dienone is 2. The van der Waals surface area contributed by atoms with Crippen molar-refractivity contribution in [1.29, 1.82) is 0 Å². The monoisotopic (exact) mass is 400 g/mol. The highest BCUT2D eigenvalue weighted by atomic mass is 16.5. The third-order valence-corrected chi connectivity index (χ3v) is 9.53. The molecule has 4 heteroatoms. The van der Waals surface area contributed by atoms with Gasteiger partial charge in [-0.05, 0) is 79.6 Å². The average Bonchev–Trinajstić information content (AvgIpc) is 3.06. The van der Waals surface area contributed by atoms with Gasteiger partial charge in [0, 0.05) is 24.7 Å². The molecule has 0 aliphatic heterocycles. The van der Waals surface area contributed by atoms with Gasteiger partial charge in [-0.25, -0.2) is 0 Å². The van der Waals surface area contributed by atoms with Crippen LogP contribution in [-0.2, 0) is 19.1 Å². The summed E-state index contributed by atoms with van der Waals surface area (Å²) < 4.78 is 4.82. The Morgan fingerprint density at radius 2 is 1.97 bits per heavy atom. The van der Waals surface area contributed by atoms with E-state index in [0.717, 1.165) is 38.5 Å². The molecule has 4 nitrogen and oxygen atoms in total. The fourth-order valence-electron chi connectivity index (χ4n) is 7.70. The van der Waals surface area contributed by atoms with Gasteiger partial charge >= 0.3 is 5.97 Å². The predicted octanol–water partition coefficient (Wildman–Crippen LogP) is 4.90. The summed E-state index contributed by atoms with van der Waals surface area (Å²) in [6, 6.07) is 0. The van der Waals surface area contributed by atoms with Gasteiger partial charge in [-0.2, -0.15) is 0 Å². The maximum Gasteiger partial charge on any atom is 0.305 e. The summed E-state index contributed by atoms with van der Waals surface area (Å²) in [4.78, 5) is 37.3. The number of rotatable bonds is 4. The molecule has 3 fully saturated rings. The van der Waals surface area contributed by atoms with Crippen molar-refractivity contribution in [3.63, 3.8) is 0 Å². The van der Waals surface area contributed by atoms with Gasteiger partial charge in [0.2, 0.25) is 0 Å². The Bertz CT molecular complexity index is 752. The summed E-state index contributed by atoms with van der Waals surface area (Å²) in [5, 5.41) is 0. The first-order chi connectivity index (χ1) is 13.7. The van der Waals surface area contributed by atoms with Crippen LogP contribution < -0.4 is 0 Å². The van der Waals surface area contributed by atoms with E-state index in [1.54, 1.807) is 0 Å². The Morgan fingerprint density at radius 1 is 1.21 bits per heavy atom. The molecule has 0 bridgehead atoms. The molecule has 4 rings (SSSR count). The van der Waals surface area contributed by atoms with Crippen molar-refractivity contribution in [2.45, 2.75) is 78.6 Å². The quantitative estimate of drug-likeness (QED) is 0.630. The van der Waals surface area contributed by atoms with Gasteiger partial charge in [-0.1, -0.05) is 26.3 Å². The van der Waals surface area contributed by atoms with E-state index in [4.69, 9.17) is 4.74 Å². The topological polar surface area (TPSA) is 60.4 Å². The Kier molecular flexibility index (Phi) is 5.28. The zero-order chi connectivity index (χ0) is 21.0. The highest BCUT2D eigenvalue weighted by Gasteiger charge is 2.61. The molecule has 0 spiro atoms. The first-order valence-corrected chi connectivity index (χ1v) is 11.6. The molecule has 0 heterocycles. The zero-order valence-electron chi connectivity index (χ0n) is 18.5. The number of hydrogen-bond donors (Lipinski definition) is 0. The molecule has 7 atom stereocenters. The molecule has 4 aliphatic carbocycles. The van der Waals surface area contributed by atoms with Crippen LogP contribution in [0.1, 0.15) is 78.6 Å². The molecule has 0 amide bonds. The molecule has 3 saturated carbocycles. The van der Waals surface area contributed by atoms with Gasteiger partial charge < -0.3 is 4.74 Å². The Morgan fingerprint density at radius 3 is 2.69 bits per heavy atom. The van der Waals surface area contributed by atoms with Crippen molar-refractivity contribution in [2.24, 2.45) is 40.4 Å². The predicted molar refractivity (Wildman–Crippen MR) is 111 cm³/mol. The summed E-state index contributed by atoms with van der Waals surface area (Å²) >= 11 is 0. The highest BCUT2D eigenvalue weighted by molar-refractivity contribution is 5.97. The summed E-state index contributed by atoms with van der Waals surface area (Å²) in [5.74, 6) is 2.54. The molecule has 0 aromatic carbocycles. The van der Waals surface area contributed by atoms with Gasteiger partial charge in [0.1, 0.15) is 5.78 Å². The second kappa shape index (κ2) is 7.35. The third kappa shape index (κ3) is 3.13. The van der Waals surface area contributed by atoms with E-state index in [1.165, 1.54) is 12.7 Å². The SMILES string of the molecule is COC(=O)CC[C@@H](C)[C@H]1CC[C@H]2[C@@H]3CC[C@@H]4CC(=O)CC[C@]4(C)C3=CC(=O)[C@]12C. The summed E-state index contributed by atoms with van der Waals surface area (Å²) in [7, 11) is 1.44. The van der Waals surface area contributed by atoms with Crippen molar-refractivity contribution in [3.05, 3.63) is 11.6 Å². The number of hydrogen-bond acceptors (Lipinski definition) is 4. The molecule has 29 heavy (non-hydrogen) atoms. The van der Waals surface area contributed by atoms with Crippen LogP contribution in [0, 0.1) is 40.4 Å². The lowest BCUT2D eigenvalue weighted by Gasteiger charge is -2.55. The van der Waals surface area contributed by atoms with Crippen molar-refractivity contribution in [2.75, 3.05) is 7.11 Å². The second-order valence-corrected chi connectivity index (χ2v) is 10.7. The van der Waals surface area contributed by atoms with E-state index in [-0.39, 0.29) is 16.8 Å². The Balaban J connectivity index is 1.61. The molecule has 0 saturated heterocycles. The van der Waals surface area contributed by atoms with Crippen LogP contribution in [-0.4, -0.2) is 24.6 Å². The Hall–Kier alpha value is -1.45. The van der Waals surface area contributed by atoms with E-state index in [2.05, 4.69) is 20.8 Å². The fourth-order valence-corrected chi connectivity index (χ4v) is 7.70. The van der Waals surface area contributed by atoms with Crippen molar-refractivity contribution in [1.82, 2.24) is 0 Å². The maximum atomic E-state index is 13.6. The molecular formula is C25H36O4. The number of ether oxygens (including phenoxy) is 1. The maximum absolute atomic E-state index is 13.6. The van der Waals surface area contributed by atoms with Crippen molar-refractivity contribution >= 4 is 17.5 Å². The summed E-state index contributed by atoms with van der Waals surface area (Å²) in [5.41, 5.74) is 1.09. The molecule has 0 N–H and O–H groups in total. The molecule has 4 aliphatic rings. The Labute approximate surface area is 174 Å². The highest BCUT2D eigenvalue weighted by Crippen LogP contribution is 2.65. The van der Waals surface area contributed by atoms with Crippen LogP contribution in [0.5, 0.6) is 0 Å². The van der Waals surface area contributed by atoms with E-state index in [0.29, 0.717) is 60.4 Å². The number of Topliss-reactive ketones (excluding diaryl/α,β-unsaturated/α-hetero) is 1. The summed E-state index contributed by atoms with van der Waals surface area (Å²) in [6.45, 7) is 6.74. The minimum Gasteiger partial charge on any atom is -0.469 e. The molecule has 160 valence electrons. The van der Waals surface area contributed by atoms with E-state index in [9.17, 15) is 14.4 Å². The third-order valence-electron chi connectivity index (χ3n) is 9.53. The van der Waals surface area contributed by atoms with Crippen molar-refractivity contribution < 1.29 is 19.1 Å². The fraction of sp³-hybridized carbons (Fsp3) is 0.800. The van der Waals surface area contributed by atoms with Gasteiger partial charge in [-0.15, -0.1) is 0 Å². The lowest BCUT2D eigenvalue weighted by Crippen LogP contribution is -2.51. The zero-order valence-corrected chi connectivity index (χ0v) is 18.5. The number of esters is 1. The summed E-state index contributed by atoms with van der Waals surface area (Å²) in [6.07, 6.45) is 9.94. The van der Waals surface area contributed by atoms with Crippen LogP contribution in [0.3, 0.4) is 0 Å². The van der Waals surface area contributed by atoms with Crippen molar-refractivity contribution in [3.8, 4) is 0 Å². The first-order valence-electron chi connectivity index (χ1n) is 11.6. The molecule has 0 unspecified atom stereocenters. The number of carbonyl (C=O) groups excluding carboxylic acids is 3. The van der Waals surface area contributed by atoms with Crippen LogP contribution in [0.15, 0.2) is 11.6 Å². The number of ketones is 2. The van der Waals surface area contributed by atoms with Gasteiger partial charge in [0.25, 0.3) is 0 Å². The van der Waals surface area contributed by atoms with Gasteiger partial charge in [-0.3, -0.25) is 14.4 Å². The lowest BCUT2D eigenvalue weighted by molar-refractivity contribution is -0.141. The first kappa shape index (κ1) is 20.8. The molecule has 0 aromatic heterocycles. The standard InChI is InChI=1S/C25H36O4/c1-15(5-10-23(28)29-4)19-8-9-20-18-7-6-16-13-17(26)11-12-24(16,2)21(18)14-22(27)25(19,20)3/h14-16,18-20H,5-13H2,1-4H3/t15-,16-,18+,19-,20+,24+,25-/m1/s1. The molecule has 0 aromatic rings. The molecular weight excluding hydrogens is 364 g/mol. The molecule has 0 radical (unpaired) electrons. The average molecular weight is 401 g/mol. The van der Waals surface area contributed by atoms with E-state index < -0.39 is 0 Å². The smallest absolute Gasteiger partial charge is 0.305 e. The second-order valence-electron chi connectivity index (χ2n) is 10.7. The van der Waals surface area contributed by atoms with E-state index in [1.807, 2.05) is 6.08 Å². The van der Waals surface area contributed by atoms with Gasteiger partial charge in [0.05, 0.1) is 7.11 Å². The van der Waals surface area contributed by atoms with E-state index >= 15 is 0 Å².